The van der Waals surface area contributed by atoms with Crippen LogP contribution >= 0.6 is 0 Å². The van der Waals surface area contributed by atoms with Gasteiger partial charge in [-0.15, -0.1) is 4.83 Å². The first kappa shape index (κ1) is 20.3. The molecule has 0 atom stereocenters. The average Bonchev–Trinajstić information content (AvgIpc) is 2.69. The maximum atomic E-state index is 12.6. The number of piperidine rings is 1. The van der Waals surface area contributed by atoms with Gasteiger partial charge >= 0.3 is 5.97 Å². The molecule has 150 valence electrons. The molecule has 8 heteroatoms. The first-order chi connectivity index (χ1) is 13.4. The summed E-state index contributed by atoms with van der Waals surface area (Å²) in [5.74, 6) is 0.0530. The molecule has 2 aromatic carbocycles. The quantitative estimate of drug-likeness (QED) is 0.737. The van der Waals surface area contributed by atoms with Gasteiger partial charge in [-0.3, -0.25) is 4.79 Å². The van der Waals surface area contributed by atoms with Crippen molar-refractivity contribution < 1.29 is 23.1 Å². The second-order valence-electron chi connectivity index (χ2n) is 6.88. The fourth-order valence-corrected chi connectivity index (χ4v) is 4.43. The number of methoxy groups -OCH3 is 1. The van der Waals surface area contributed by atoms with Gasteiger partial charge in [0.15, 0.2) is 0 Å². The lowest BCUT2D eigenvalue weighted by Gasteiger charge is -2.31. The van der Waals surface area contributed by atoms with E-state index in [-0.39, 0.29) is 17.2 Å². The van der Waals surface area contributed by atoms with E-state index in [1.165, 1.54) is 0 Å². The first-order valence-electron chi connectivity index (χ1n) is 9.11. The van der Waals surface area contributed by atoms with Crippen LogP contribution in [0.3, 0.4) is 0 Å². The number of benzene rings is 2. The van der Waals surface area contributed by atoms with Gasteiger partial charge in [0.05, 0.1) is 12.0 Å². The highest BCUT2D eigenvalue weighted by atomic mass is 32.2. The van der Waals surface area contributed by atoms with Gasteiger partial charge < -0.3 is 9.84 Å². The zero-order valence-corrected chi connectivity index (χ0v) is 16.5. The van der Waals surface area contributed by atoms with Crippen molar-refractivity contribution in [2.45, 2.75) is 24.2 Å². The molecule has 0 aliphatic carbocycles. The Morgan fingerprint density at radius 1 is 1.07 bits per heavy atom. The van der Waals surface area contributed by atoms with Crippen LogP contribution in [-0.4, -0.2) is 44.7 Å². The molecule has 0 spiro atoms. The molecule has 0 aromatic heterocycles. The third-order valence-electron chi connectivity index (χ3n) is 4.92. The zero-order valence-electron chi connectivity index (χ0n) is 15.7. The third kappa shape index (κ3) is 5.09. The van der Waals surface area contributed by atoms with Gasteiger partial charge in [-0.2, -0.15) is 0 Å². The monoisotopic (exact) mass is 404 g/mol. The summed E-state index contributed by atoms with van der Waals surface area (Å²) in [6.07, 6.45) is 1.45. The highest BCUT2D eigenvalue weighted by Gasteiger charge is 2.25. The van der Waals surface area contributed by atoms with Crippen molar-refractivity contribution in [3.05, 3.63) is 48.5 Å². The lowest BCUT2D eigenvalue weighted by molar-refractivity contribution is -0.138. The number of carboxylic acids is 1. The fraction of sp³-hybridized carbons (Fsp3) is 0.350. The normalized spacial score (nSPS) is 16.0. The smallest absolute Gasteiger partial charge is 0.303 e. The lowest BCUT2D eigenvalue weighted by atomic mass is 9.94. The van der Waals surface area contributed by atoms with Crippen LogP contribution < -0.4 is 9.57 Å². The minimum absolute atomic E-state index is 0.0991. The fourth-order valence-electron chi connectivity index (χ4n) is 3.31. The van der Waals surface area contributed by atoms with E-state index in [1.54, 1.807) is 36.4 Å². The van der Waals surface area contributed by atoms with Crippen molar-refractivity contribution in [2.24, 2.45) is 5.92 Å². The van der Waals surface area contributed by atoms with Gasteiger partial charge in [0.2, 0.25) is 0 Å². The van der Waals surface area contributed by atoms with Crippen LogP contribution in [0.25, 0.3) is 11.1 Å². The molecule has 0 amide bonds. The Morgan fingerprint density at radius 3 is 2.11 bits per heavy atom. The number of aliphatic carboxylic acids is 1. The average molecular weight is 404 g/mol. The summed E-state index contributed by atoms with van der Waals surface area (Å²) in [5.41, 5.74) is 1.88. The molecular weight excluding hydrogens is 380 g/mol. The van der Waals surface area contributed by atoms with Gasteiger partial charge in [0.25, 0.3) is 10.0 Å². The van der Waals surface area contributed by atoms with E-state index in [4.69, 9.17) is 9.84 Å². The van der Waals surface area contributed by atoms with Crippen LogP contribution in [0.5, 0.6) is 5.75 Å². The first-order valence-corrected chi connectivity index (χ1v) is 10.6. The number of hydrogen-bond donors (Lipinski definition) is 2. The van der Waals surface area contributed by atoms with E-state index < -0.39 is 16.0 Å². The van der Waals surface area contributed by atoms with Crippen molar-refractivity contribution in [3.63, 3.8) is 0 Å². The SMILES string of the molecule is COc1ccc(-c2ccc(S(=O)(=O)NN3CCC(CC(=O)O)CC3)cc2)cc1. The predicted molar refractivity (Wildman–Crippen MR) is 105 cm³/mol. The molecule has 1 heterocycles. The molecule has 0 radical (unpaired) electrons. The number of hydrazine groups is 1. The van der Waals surface area contributed by atoms with Crippen LogP contribution in [0.1, 0.15) is 19.3 Å². The van der Waals surface area contributed by atoms with E-state index in [0.29, 0.717) is 25.9 Å². The van der Waals surface area contributed by atoms with Crippen LogP contribution in [0.4, 0.5) is 0 Å². The summed E-state index contributed by atoms with van der Waals surface area (Å²) in [5, 5.41) is 10.5. The van der Waals surface area contributed by atoms with Gasteiger partial charge in [0, 0.05) is 19.5 Å². The summed E-state index contributed by atoms with van der Waals surface area (Å²) < 4.78 is 30.4. The number of carboxylic acid groups (broad SMARTS) is 1. The Kier molecular flexibility index (Phi) is 6.33. The molecular formula is C20H24N2O5S. The molecule has 2 N–H and O–H groups in total. The number of hydrogen-bond acceptors (Lipinski definition) is 5. The number of ether oxygens (including phenoxy) is 1. The molecule has 3 rings (SSSR count). The van der Waals surface area contributed by atoms with E-state index >= 15 is 0 Å². The predicted octanol–water partition coefficient (Wildman–Crippen LogP) is 2.74. The topological polar surface area (TPSA) is 95.9 Å². The Bertz CT molecular complexity index is 903. The largest absolute Gasteiger partial charge is 0.497 e. The van der Waals surface area contributed by atoms with Gasteiger partial charge in [0.1, 0.15) is 5.75 Å². The maximum Gasteiger partial charge on any atom is 0.303 e. The third-order valence-corrected chi connectivity index (χ3v) is 6.31. The van der Waals surface area contributed by atoms with Gasteiger partial charge in [-0.05, 0) is 54.2 Å². The van der Waals surface area contributed by atoms with Crippen molar-refractivity contribution >= 4 is 16.0 Å². The number of sulfonamides is 1. The number of nitrogens with one attached hydrogen (secondary N) is 1. The molecule has 1 aliphatic heterocycles. The van der Waals surface area contributed by atoms with E-state index in [2.05, 4.69) is 4.83 Å². The molecule has 7 nitrogen and oxygen atoms in total. The minimum atomic E-state index is -3.67. The van der Waals surface area contributed by atoms with Crippen molar-refractivity contribution in [3.8, 4) is 16.9 Å². The Hall–Kier alpha value is -2.42. The summed E-state index contributed by atoms with van der Waals surface area (Å²) in [6, 6.07) is 14.3. The Morgan fingerprint density at radius 2 is 1.61 bits per heavy atom. The van der Waals surface area contributed by atoms with Crippen LogP contribution in [0, 0.1) is 5.92 Å². The summed E-state index contributed by atoms with van der Waals surface area (Å²) >= 11 is 0. The van der Waals surface area contributed by atoms with Crippen LogP contribution in [0.15, 0.2) is 53.4 Å². The molecule has 1 aliphatic rings. The molecule has 0 unspecified atom stereocenters. The molecule has 28 heavy (non-hydrogen) atoms. The second-order valence-corrected chi connectivity index (χ2v) is 8.54. The van der Waals surface area contributed by atoms with E-state index in [9.17, 15) is 13.2 Å². The minimum Gasteiger partial charge on any atom is -0.497 e. The van der Waals surface area contributed by atoms with Gasteiger partial charge in [-0.1, -0.05) is 24.3 Å². The maximum absolute atomic E-state index is 12.6. The molecule has 1 fully saturated rings. The zero-order chi connectivity index (χ0) is 20.1. The number of nitrogens with zero attached hydrogens (tertiary/aromatic N) is 1. The second kappa shape index (κ2) is 8.72. The number of carbonyl (C=O) groups is 1. The summed E-state index contributed by atoms with van der Waals surface area (Å²) in [6.45, 7) is 1.00. The van der Waals surface area contributed by atoms with Crippen molar-refractivity contribution in [1.29, 1.82) is 0 Å². The Labute approximate surface area is 165 Å². The van der Waals surface area contributed by atoms with Crippen LogP contribution in [0.2, 0.25) is 0 Å². The van der Waals surface area contributed by atoms with E-state index in [0.717, 1.165) is 16.9 Å². The molecule has 2 aromatic rings. The molecule has 1 saturated heterocycles. The highest BCUT2D eigenvalue weighted by molar-refractivity contribution is 7.89. The van der Waals surface area contributed by atoms with Crippen molar-refractivity contribution in [1.82, 2.24) is 9.84 Å². The summed E-state index contributed by atoms with van der Waals surface area (Å²) in [7, 11) is -2.06. The number of rotatable bonds is 7. The lowest BCUT2D eigenvalue weighted by Crippen LogP contribution is -2.46. The van der Waals surface area contributed by atoms with Gasteiger partial charge in [-0.25, -0.2) is 13.4 Å². The molecule has 0 saturated carbocycles. The summed E-state index contributed by atoms with van der Waals surface area (Å²) in [4.78, 5) is 13.6. The standard InChI is InChI=1S/C20H24N2O5S/c1-27-18-6-2-16(3-7-18)17-4-8-19(9-5-17)28(25,26)21-22-12-10-15(11-13-22)14-20(23)24/h2-9,15,21H,10-14H2,1H3,(H,23,24). The van der Waals surface area contributed by atoms with E-state index in [1.807, 2.05) is 24.3 Å². The Balaban J connectivity index is 1.63. The molecule has 0 bridgehead atoms. The van der Waals surface area contributed by atoms with Crippen molar-refractivity contribution in [2.75, 3.05) is 20.2 Å². The highest BCUT2D eigenvalue weighted by Crippen LogP contribution is 2.24. The van der Waals surface area contributed by atoms with Crippen LogP contribution in [-0.2, 0) is 14.8 Å².